The van der Waals surface area contributed by atoms with E-state index in [0.29, 0.717) is 0 Å². The van der Waals surface area contributed by atoms with E-state index >= 15 is 0 Å². The van der Waals surface area contributed by atoms with Gasteiger partial charge >= 0.3 is 5.97 Å². The summed E-state index contributed by atoms with van der Waals surface area (Å²) in [6.07, 6.45) is 2.35. The lowest BCUT2D eigenvalue weighted by Crippen LogP contribution is -2.38. The van der Waals surface area contributed by atoms with Crippen molar-refractivity contribution in [3.8, 4) is 0 Å². The van der Waals surface area contributed by atoms with Crippen LogP contribution in [0.3, 0.4) is 0 Å². The van der Waals surface area contributed by atoms with Crippen LogP contribution in [-0.2, 0) is 23.9 Å². The Morgan fingerprint density at radius 2 is 1.66 bits per heavy atom. The van der Waals surface area contributed by atoms with Crippen LogP contribution in [0.4, 0.5) is 0 Å². The molecule has 0 radical (unpaired) electrons. The molecule has 3 amide bonds. The van der Waals surface area contributed by atoms with Gasteiger partial charge in [0.15, 0.2) is 6.10 Å². The van der Waals surface area contributed by atoms with E-state index in [9.17, 15) is 19.2 Å². The highest BCUT2D eigenvalue weighted by Crippen LogP contribution is 2.37. The number of hydrogen-bond acceptors (Lipinski definition) is 5. The normalized spacial score (nSPS) is 23.3. The van der Waals surface area contributed by atoms with Gasteiger partial charge in [0.1, 0.15) is 0 Å². The van der Waals surface area contributed by atoms with Gasteiger partial charge in [0.05, 0.1) is 24.3 Å². The Kier molecular flexibility index (Phi) is 6.67. The molecule has 1 aliphatic heterocycles. The van der Waals surface area contributed by atoms with E-state index in [-0.39, 0.29) is 42.7 Å². The molecule has 1 aliphatic carbocycles. The molecular weight excluding hydrogens is 372 g/mol. The number of carbonyl (C=O) groups is 4. The van der Waals surface area contributed by atoms with Crippen molar-refractivity contribution in [2.45, 2.75) is 58.1 Å². The second-order valence-corrected chi connectivity index (χ2v) is 7.85. The Balaban J connectivity index is 1.46. The molecule has 0 unspecified atom stereocenters. The molecule has 3 rings (SSSR count). The van der Waals surface area contributed by atoms with Crippen LogP contribution in [0.15, 0.2) is 30.3 Å². The first kappa shape index (κ1) is 21.0. The van der Waals surface area contributed by atoms with E-state index in [1.165, 1.54) is 11.8 Å². The van der Waals surface area contributed by atoms with Crippen LogP contribution in [0.2, 0.25) is 0 Å². The molecule has 1 N–H and O–H groups in total. The number of likely N-dealkylation sites (tertiary alicyclic amines) is 1. The second-order valence-electron chi connectivity index (χ2n) is 7.85. The average Bonchev–Trinajstić information content (AvgIpc) is 2.97. The van der Waals surface area contributed by atoms with Gasteiger partial charge in [-0.05, 0) is 32.3 Å². The van der Waals surface area contributed by atoms with Crippen molar-refractivity contribution >= 4 is 23.7 Å². The monoisotopic (exact) mass is 400 g/mol. The van der Waals surface area contributed by atoms with Crippen molar-refractivity contribution in [3.63, 3.8) is 0 Å². The molecule has 1 aromatic rings. The lowest BCUT2D eigenvalue weighted by Gasteiger charge is -2.19. The van der Waals surface area contributed by atoms with Crippen LogP contribution in [0.5, 0.6) is 0 Å². The Bertz CT molecular complexity index is 755. The Morgan fingerprint density at radius 3 is 2.24 bits per heavy atom. The first-order valence-corrected chi connectivity index (χ1v) is 10.3. The van der Waals surface area contributed by atoms with Crippen molar-refractivity contribution in [1.82, 2.24) is 10.2 Å². The molecule has 1 saturated carbocycles. The van der Waals surface area contributed by atoms with Gasteiger partial charge in [-0.2, -0.15) is 0 Å². The van der Waals surface area contributed by atoms with Crippen molar-refractivity contribution in [3.05, 3.63) is 35.9 Å². The fraction of sp³-hybridized carbons (Fsp3) is 0.545. The SMILES string of the molecule is C[C@@H](OC(=O)CCN1C(=O)[C@H]2CCCC[C@H]2C1=O)C(=O)N[C@H](C)c1ccccc1. The fourth-order valence-electron chi connectivity index (χ4n) is 4.12. The minimum absolute atomic E-state index is 0.0122. The van der Waals surface area contributed by atoms with Crippen molar-refractivity contribution in [1.29, 1.82) is 0 Å². The van der Waals surface area contributed by atoms with E-state index in [2.05, 4.69) is 5.32 Å². The first-order valence-electron chi connectivity index (χ1n) is 10.3. The highest BCUT2D eigenvalue weighted by molar-refractivity contribution is 6.05. The first-order chi connectivity index (χ1) is 13.9. The highest BCUT2D eigenvalue weighted by Gasteiger charge is 2.47. The summed E-state index contributed by atoms with van der Waals surface area (Å²) in [5.41, 5.74) is 0.951. The smallest absolute Gasteiger partial charge is 0.308 e. The van der Waals surface area contributed by atoms with E-state index in [1.807, 2.05) is 37.3 Å². The highest BCUT2D eigenvalue weighted by atomic mass is 16.5. The van der Waals surface area contributed by atoms with Crippen molar-refractivity contribution < 1.29 is 23.9 Å². The van der Waals surface area contributed by atoms with Crippen LogP contribution in [0.1, 0.15) is 57.6 Å². The summed E-state index contributed by atoms with van der Waals surface area (Å²) in [6, 6.07) is 9.27. The lowest BCUT2D eigenvalue weighted by molar-refractivity contribution is -0.155. The Hall–Kier alpha value is -2.70. The molecule has 2 fully saturated rings. The number of nitrogens with one attached hydrogen (secondary N) is 1. The number of carbonyl (C=O) groups excluding carboxylic acids is 4. The van der Waals surface area contributed by atoms with Gasteiger partial charge in [0.2, 0.25) is 11.8 Å². The number of hydrogen-bond donors (Lipinski definition) is 1. The number of amides is 3. The van der Waals surface area contributed by atoms with E-state index in [1.54, 1.807) is 0 Å². The van der Waals surface area contributed by atoms with Crippen LogP contribution in [-0.4, -0.2) is 41.2 Å². The molecule has 7 heteroatoms. The number of nitrogens with zero attached hydrogens (tertiary/aromatic N) is 1. The minimum atomic E-state index is -0.957. The van der Waals surface area contributed by atoms with Crippen LogP contribution in [0, 0.1) is 11.8 Å². The quantitative estimate of drug-likeness (QED) is 0.560. The zero-order valence-corrected chi connectivity index (χ0v) is 16.9. The number of ether oxygens (including phenoxy) is 1. The largest absolute Gasteiger partial charge is 0.452 e. The molecule has 0 spiro atoms. The maximum Gasteiger partial charge on any atom is 0.308 e. The third-order valence-electron chi connectivity index (χ3n) is 5.81. The van der Waals surface area contributed by atoms with Gasteiger partial charge < -0.3 is 10.1 Å². The molecule has 29 heavy (non-hydrogen) atoms. The van der Waals surface area contributed by atoms with Crippen LogP contribution < -0.4 is 5.32 Å². The van der Waals surface area contributed by atoms with E-state index < -0.39 is 18.0 Å². The number of benzene rings is 1. The number of rotatable bonds is 7. The summed E-state index contributed by atoms with van der Waals surface area (Å²) < 4.78 is 5.20. The zero-order valence-electron chi connectivity index (χ0n) is 16.9. The third-order valence-corrected chi connectivity index (χ3v) is 5.81. The lowest BCUT2D eigenvalue weighted by atomic mass is 9.81. The predicted molar refractivity (Wildman–Crippen MR) is 105 cm³/mol. The standard InChI is InChI=1S/C22H28N2O5/c1-14(16-8-4-3-5-9-16)23-20(26)15(2)29-19(25)12-13-24-21(27)17-10-6-7-11-18(17)22(24)28/h3-5,8-9,14-15,17-18H,6-7,10-13H2,1-2H3,(H,23,26)/t14-,15-,17-,18+/m1/s1. The van der Waals surface area contributed by atoms with Crippen molar-refractivity contribution in [2.24, 2.45) is 11.8 Å². The van der Waals surface area contributed by atoms with E-state index in [4.69, 9.17) is 4.74 Å². The summed E-state index contributed by atoms with van der Waals surface area (Å²) >= 11 is 0. The molecule has 4 atom stereocenters. The van der Waals surface area contributed by atoms with Gasteiger partial charge in [-0.15, -0.1) is 0 Å². The topological polar surface area (TPSA) is 92.8 Å². The molecule has 1 heterocycles. The van der Waals surface area contributed by atoms with Gasteiger partial charge in [-0.1, -0.05) is 43.2 Å². The maximum atomic E-state index is 12.4. The fourth-order valence-corrected chi connectivity index (χ4v) is 4.12. The molecule has 156 valence electrons. The van der Waals surface area contributed by atoms with E-state index in [0.717, 1.165) is 31.2 Å². The summed E-state index contributed by atoms with van der Waals surface area (Å²) in [5.74, 6) is -1.79. The summed E-state index contributed by atoms with van der Waals surface area (Å²) in [5, 5.41) is 2.81. The zero-order chi connectivity index (χ0) is 21.0. The molecule has 0 aromatic heterocycles. The second kappa shape index (κ2) is 9.20. The van der Waals surface area contributed by atoms with Crippen LogP contribution >= 0.6 is 0 Å². The number of imide groups is 1. The summed E-state index contributed by atoms with van der Waals surface area (Å²) in [7, 11) is 0. The third kappa shape index (κ3) is 4.83. The molecule has 1 saturated heterocycles. The molecular formula is C22H28N2O5. The molecule has 7 nitrogen and oxygen atoms in total. The molecule has 1 aromatic carbocycles. The predicted octanol–water partition coefficient (Wildman–Crippen LogP) is 2.36. The number of fused-ring (bicyclic) bond motifs is 1. The van der Waals surface area contributed by atoms with Crippen molar-refractivity contribution in [2.75, 3.05) is 6.54 Å². The Morgan fingerprint density at radius 1 is 1.07 bits per heavy atom. The van der Waals surface area contributed by atoms with Gasteiger partial charge in [0, 0.05) is 6.54 Å². The maximum absolute atomic E-state index is 12.4. The molecule has 0 bridgehead atoms. The van der Waals surface area contributed by atoms with Gasteiger partial charge in [-0.25, -0.2) is 0 Å². The minimum Gasteiger partial charge on any atom is -0.452 e. The Labute approximate surface area is 170 Å². The summed E-state index contributed by atoms with van der Waals surface area (Å²) in [6.45, 7) is 3.37. The van der Waals surface area contributed by atoms with Crippen LogP contribution in [0.25, 0.3) is 0 Å². The van der Waals surface area contributed by atoms with Gasteiger partial charge in [0.25, 0.3) is 5.91 Å². The average molecular weight is 400 g/mol. The number of esters is 1. The van der Waals surface area contributed by atoms with Gasteiger partial charge in [-0.3, -0.25) is 24.1 Å². The summed E-state index contributed by atoms with van der Waals surface area (Å²) in [4.78, 5) is 50.5. The molecule has 2 aliphatic rings.